The SMILES string of the molecule is CC.Cc1ccc2[nH]c3c(c2c1)CCN(C(=O)Oc1ccccc1)C3c1ccc(OCC(=O)Oc2ccccc2)cc1. The number of rotatable bonds is 6. The lowest BCUT2D eigenvalue weighted by Crippen LogP contribution is -2.42. The summed E-state index contributed by atoms with van der Waals surface area (Å²) in [7, 11) is 0. The van der Waals surface area contributed by atoms with Gasteiger partial charge < -0.3 is 19.2 Å². The minimum Gasteiger partial charge on any atom is -0.482 e. The molecule has 1 atom stereocenters. The first-order valence-electron chi connectivity index (χ1n) is 14.2. The van der Waals surface area contributed by atoms with Crippen LogP contribution < -0.4 is 14.2 Å². The van der Waals surface area contributed by atoms with Gasteiger partial charge in [0.15, 0.2) is 6.61 Å². The van der Waals surface area contributed by atoms with Gasteiger partial charge in [0.1, 0.15) is 23.3 Å². The van der Waals surface area contributed by atoms with Crippen LogP contribution in [0, 0.1) is 6.92 Å². The highest BCUT2D eigenvalue weighted by Crippen LogP contribution is 2.39. The minimum atomic E-state index is -0.490. The lowest BCUT2D eigenvalue weighted by atomic mass is 9.92. The van der Waals surface area contributed by atoms with Crippen LogP contribution in [0.2, 0.25) is 0 Å². The van der Waals surface area contributed by atoms with E-state index in [1.54, 1.807) is 53.4 Å². The maximum Gasteiger partial charge on any atom is 0.416 e. The Morgan fingerprint density at radius 3 is 2.12 bits per heavy atom. The highest BCUT2D eigenvalue weighted by Gasteiger charge is 2.35. The van der Waals surface area contributed by atoms with Gasteiger partial charge in [-0.2, -0.15) is 0 Å². The number of amides is 1. The molecule has 1 N–H and O–H groups in total. The van der Waals surface area contributed by atoms with Crippen molar-refractivity contribution in [1.29, 1.82) is 0 Å². The second kappa shape index (κ2) is 13.1. The van der Waals surface area contributed by atoms with Crippen molar-refractivity contribution in [3.63, 3.8) is 0 Å². The molecule has 0 saturated heterocycles. The van der Waals surface area contributed by atoms with E-state index in [2.05, 4.69) is 30.1 Å². The molecule has 6 rings (SSSR count). The third-order valence-corrected chi connectivity index (χ3v) is 6.99. The molecule has 4 aromatic carbocycles. The van der Waals surface area contributed by atoms with Gasteiger partial charge in [0, 0.05) is 23.1 Å². The molecular formula is C35H34N2O5. The Balaban J connectivity index is 0.00000173. The second-order valence-corrected chi connectivity index (χ2v) is 9.74. The maximum absolute atomic E-state index is 13.4. The zero-order valence-electron chi connectivity index (χ0n) is 24.0. The van der Waals surface area contributed by atoms with Crippen molar-refractivity contribution in [3.8, 4) is 17.2 Å². The molecule has 1 aromatic heterocycles. The Morgan fingerprint density at radius 2 is 1.45 bits per heavy atom. The molecule has 0 fully saturated rings. The fourth-order valence-electron chi connectivity index (χ4n) is 5.13. The van der Waals surface area contributed by atoms with Crippen molar-refractivity contribution in [3.05, 3.63) is 126 Å². The topological polar surface area (TPSA) is 80.9 Å². The molecule has 1 aliphatic heterocycles. The first-order chi connectivity index (χ1) is 20.5. The summed E-state index contributed by atoms with van der Waals surface area (Å²) in [6.45, 7) is 6.36. The van der Waals surface area contributed by atoms with Crippen molar-refractivity contribution in [2.45, 2.75) is 33.2 Å². The molecule has 1 amide bonds. The number of nitrogens with zero attached hydrogens (tertiary/aromatic N) is 1. The normalized spacial score (nSPS) is 13.9. The smallest absolute Gasteiger partial charge is 0.416 e. The molecule has 0 saturated carbocycles. The third-order valence-electron chi connectivity index (χ3n) is 6.99. The van der Waals surface area contributed by atoms with E-state index < -0.39 is 12.1 Å². The summed E-state index contributed by atoms with van der Waals surface area (Å²) in [6, 6.07) is 31.3. The fourth-order valence-corrected chi connectivity index (χ4v) is 5.13. The van der Waals surface area contributed by atoms with Gasteiger partial charge in [-0.3, -0.25) is 4.90 Å². The summed E-state index contributed by atoms with van der Waals surface area (Å²) in [5.41, 5.74) is 5.29. The Labute approximate surface area is 245 Å². The number of aryl methyl sites for hydroxylation is 1. The number of aromatic amines is 1. The Hall–Kier alpha value is -5.04. The standard InChI is InChI=1S/C33H28N2O5.C2H6/c1-22-12-17-29-28(20-22)27-18-19-35(33(37)40-26-10-6-3-7-11-26)32(31(27)34-29)23-13-15-24(16-14-23)38-21-30(36)39-25-8-4-2-5-9-25;1-2/h2-17,20,32,34H,18-19,21H2,1H3;1-2H3. The van der Waals surface area contributed by atoms with Crippen LogP contribution in [0.1, 0.15) is 42.3 Å². The van der Waals surface area contributed by atoms with E-state index in [1.807, 2.05) is 50.2 Å². The van der Waals surface area contributed by atoms with Gasteiger partial charge in [-0.25, -0.2) is 9.59 Å². The maximum atomic E-state index is 13.4. The minimum absolute atomic E-state index is 0.223. The molecule has 0 spiro atoms. The fraction of sp³-hybridized carbons (Fsp3) is 0.200. The third kappa shape index (κ3) is 6.31. The number of hydrogen-bond acceptors (Lipinski definition) is 5. The lowest BCUT2D eigenvalue weighted by Gasteiger charge is -2.35. The predicted molar refractivity (Wildman–Crippen MR) is 163 cm³/mol. The molecule has 2 heterocycles. The highest BCUT2D eigenvalue weighted by molar-refractivity contribution is 5.87. The first kappa shape index (κ1) is 28.5. The number of hydrogen-bond donors (Lipinski definition) is 1. The van der Waals surface area contributed by atoms with E-state index in [4.69, 9.17) is 14.2 Å². The first-order valence-corrected chi connectivity index (χ1v) is 14.2. The van der Waals surface area contributed by atoms with E-state index in [-0.39, 0.29) is 12.6 Å². The zero-order chi connectivity index (χ0) is 29.5. The van der Waals surface area contributed by atoms with Gasteiger partial charge in [-0.15, -0.1) is 0 Å². The number of aromatic nitrogens is 1. The summed E-state index contributed by atoms with van der Waals surface area (Å²) < 4.78 is 16.7. The number of esters is 1. The molecule has 7 heteroatoms. The van der Waals surface area contributed by atoms with Gasteiger partial charge in [-0.1, -0.05) is 74.0 Å². The van der Waals surface area contributed by atoms with Gasteiger partial charge in [0.2, 0.25) is 0 Å². The number of H-pyrrole nitrogens is 1. The predicted octanol–water partition coefficient (Wildman–Crippen LogP) is 7.63. The molecule has 214 valence electrons. The van der Waals surface area contributed by atoms with E-state index in [1.165, 1.54) is 16.5 Å². The molecule has 0 aliphatic carbocycles. The largest absolute Gasteiger partial charge is 0.482 e. The Kier molecular flexibility index (Phi) is 8.87. The van der Waals surface area contributed by atoms with Crippen molar-refractivity contribution in [2.24, 2.45) is 0 Å². The molecule has 0 radical (unpaired) electrons. The average Bonchev–Trinajstić information content (AvgIpc) is 3.39. The molecule has 1 aliphatic rings. The number of fused-ring (bicyclic) bond motifs is 3. The highest BCUT2D eigenvalue weighted by atomic mass is 16.6. The van der Waals surface area contributed by atoms with Gasteiger partial charge >= 0.3 is 12.1 Å². The van der Waals surface area contributed by atoms with Crippen LogP contribution in [-0.2, 0) is 11.2 Å². The number of carbonyl (C=O) groups is 2. The summed E-state index contributed by atoms with van der Waals surface area (Å²) in [5.74, 6) is 0.997. The van der Waals surface area contributed by atoms with Crippen LogP contribution in [0.25, 0.3) is 10.9 Å². The summed E-state index contributed by atoms with van der Waals surface area (Å²) in [4.78, 5) is 31.0. The van der Waals surface area contributed by atoms with Crippen LogP contribution in [-0.4, -0.2) is 35.1 Å². The molecule has 1 unspecified atom stereocenters. The summed E-state index contributed by atoms with van der Waals surface area (Å²) in [6.07, 6.45) is 0.296. The van der Waals surface area contributed by atoms with Gasteiger partial charge in [-0.05, 0) is 73.0 Å². The van der Waals surface area contributed by atoms with Gasteiger partial charge in [0.05, 0.1) is 0 Å². The van der Waals surface area contributed by atoms with Crippen molar-refractivity contribution < 1.29 is 23.8 Å². The van der Waals surface area contributed by atoms with Crippen LogP contribution in [0.15, 0.2) is 103 Å². The van der Waals surface area contributed by atoms with E-state index in [9.17, 15) is 9.59 Å². The van der Waals surface area contributed by atoms with Crippen LogP contribution in [0.5, 0.6) is 17.2 Å². The quantitative estimate of drug-likeness (QED) is 0.170. The average molecular weight is 563 g/mol. The number of carbonyl (C=O) groups excluding carboxylic acids is 2. The van der Waals surface area contributed by atoms with Crippen LogP contribution >= 0.6 is 0 Å². The number of ether oxygens (including phenoxy) is 3. The van der Waals surface area contributed by atoms with Crippen LogP contribution in [0.4, 0.5) is 4.79 Å². The lowest BCUT2D eigenvalue weighted by molar-refractivity contribution is -0.136. The number of para-hydroxylation sites is 2. The molecule has 7 nitrogen and oxygen atoms in total. The Bertz CT molecular complexity index is 1650. The monoisotopic (exact) mass is 562 g/mol. The zero-order valence-corrected chi connectivity index (χ0v) is 24.0. The van der Waals surface area contributed by atoms with Gasteiger partial charge in [0.25, 0.3) is 0 Å². The molecule has 42 heavy (non-hydrogen) atoms. The van der Waals surface area contributed by atoms with Crippen LogP contribution in [0.3, 0.4) is 0 Å². The summed E-state index contributed by atoms with van der Waals surface area (Å²) >= 11 is 0. The molecular weight excluding hydrogens is 528 g/mol. The Morgan fingerprint density at radius 1 is 0.810 bits per heavy atom. The van der Waals surface area contributed by atoms with Crippen molar-refractivity contribution in [2.75, 3.05) is 13.2 Å². The van der Waals surface area contributed by atoms with E-state index >= 15 is 0 Å². The molecule has 0 bridgehead atoms. The van der Waals surface area contributed by atoms with E-state index in [0.29, 0.717) is 30.2 Å². The number of benzene rings is 4. The summed E-state index contributed by atoms with van der Waals surface area (Å²) in [5, 5.41) is 1.17. The second-order valence-electron chi connectivity index (χ2n) is 9.74. The van der Waals surface area contributed by atoms with E-state index in [0.717, 1.165) is 16.8 Å². The molecule has 5 aromatic rings. The van der Waals surface area contributed by atoms with Crippen molar-refractivity contribution >= 4 is 23.0 Å². The number of nitrogens with one attached hydrogen (secondary N) is 1. The van der Waals surface area contributed by atoms with Crippen molar-refractivity contribution in [1.82, 2.24) is 9.88 Å².